The second kappa shape index (κ2) is 5.16. The number of nitrogens with zero attached hydrogens (tertiary/aromatic N) is 2. The smallest absolute Gasteiger partial charge is 0.150 e. The summed E-state index contributed by atoms with van der Waals surface area (Å²) in [6, 6.07) is 8.95. The third kappa shape index (κ3) is 2.12. The van der Waals surface area contributed by atoms with Crippen molar-refractivity contribution in [2.24, 2.45) is 0 Å². The van der Waals surface area contributed by atoms with E-state index in [1.807, 2.05) is 28.7 Å². The molecule has 0 saturated heterocycles. The molecule has 1 unspecified atom stereocenters. The molecule has 0 aliphatic carbocycles. The average molecular weight is 302 g/mol. The Morgan fingerprint density at radius 1 is 1.25 bits per heavy atom. The van der Waals surface area contributed by atoms with Crippen LogP contribution in [0.3, 0.4) is 0 Å². The van der Waals surface area contributed by atoms with E-state index in [9.17, 15) is 0 Å². The molecule has 4 heterocycles. The van der Waals surface area contributed by atoms with Crippen LogP contribution in [-0.4, -0.2) is 16.6 Å². The molecule has 3 aromatic heterocycles. The van der Waals surface area contributed by atoms with E-state index in [1.165, 1.54) is 15.3 Å². The highest BCUT2D eigenvalue weighted by molar-refractivity contribution is 7.10. The second-order valence-electron chi connectivity index (χ2n) is 4.92. The Labute approximate surface area is 125 Å². The van der Waals surface area contributed by atoms with Crippen molar-refractivity contribution in [3.05, 3.63) is 62.3 Å². The van der Waals surface area contributed by atoms with Crippen molar-refractivity contribution in [1.82, 2.24) is 10.1 Å². The minimum absolute atomic E-state index is 0.357. The van der Waals surface area contributed by atoms with Gasteiger partial charge in [-0.25, -0.2) is 0 Å². The lowest BCUT2D eigenvalue weighted by Gasteiger charge is -2.34. The van der Waals surface area contributed by atoms with Gasteiger partial charge in [0.15, 0.2) is 5.76 Å². The number of rotatable bonds is 3. The van der Waals surface area contributed by atoms with Crippen LogP contribution in [0, 0.1) is 0 Å². The predicted molar refractivity (Wildman–Crippen MR) is 81.1 cm³/mol. The van der Waals surface area contributed by atoms with Crippen LogP contribution in [0.4, 0.5) is 0 Å². The van der Waals surface area contributed by atoms with E-state index in [0.29, 0.717) is 6.04 Å². The zero-order chi connectivity index (χ0) is 13.4. The summed E-state index contributed by atoms with van der Waals surface area (Å²) in [6.07, 6.45) is 2.85. The number of hydrogen-bond donors (Lipinski definition) is 0. The standard InChI is InChI=1S/C15H14N2OS2/c1-2-14(19-8-1)15-12-5-9-20-13(12)4-7-17(15)10-11-3-6-16-18-11/h1-3,5-6,8-9,15H,4,7,10H2. The quantitative estimate of drug-likeness (QED) is 0.734. The molecule has 4 rings (SSSR count). The fraction of sp³-hybridized carbons (Fsp3) is 0.267. The van der Waals surface area contributed by atoms with E-state index in [0.717, 1.165) is 25.3 Å². The highest BCUT2D eigenvalue weighted by Gasteiger charge is 2.30. The van der Waals surface area contributed by atoms with Crippen LogP contribution < -0.4 is 0 Å². The zero-order valence-corrected chi connectivity index (χ0v) is 12.5. The van der Waals surface area contributed by atoms with Crippen LogP contribution in [0.2, 0.25) is 0 Å². The maximum atomic E-state index is 5.29. The van der Waals surface area contributed by atoms with E-state index in [1.54, 1.807) is 6.20 Å². The Morgan fingerprint density at radius 3 is 3.05 bits per heavy atom. The first-order valence-corrected chi connectivity index (χ1v) is 8.41. The van der Waals surface area contributed by atoms with Crippen molar-refractivity contribution in [3.63, 3.8) is 0 Å². The van der Waals surface area contributed by atoms with E-state index < -0.39 is 0 Å². The molecule has 1 aliphatic rings. The van der Waals surface area contributed by atoms with Gasteiger partial charge in [-0.05, 0) is 34.9 Å². The molecule has 20 heavy (non-hydrogen) atoms. The summed E-state index contributed by atoms with van der Waals surface area (Å²) in [5, 5.41) is 8.18. The number of hydrogen-bond acceptors (Lipinski definition) is 5. The van der Waals surface area contributed by atoms with Gasteiger partial charge in [-0.1, -0.05) is 11.2 Å². The average Bonchev–Trinajstić information content (AvgIpc) is 3.21. The summed E-state index contributed by atoms with van der Waals surface area (Å²) in [6.45, 7) is 1.88. The summed E-state index contributed by atoms with van der Waals surface area (Å²) < 4.78 is 5.29. The molecule has 3 nitrogen and oxygen atoms in total. The fourth-order valence-electron chi connectivity index (χ4n) is 2.84. The molecule has 5 heteroatoms. The Bertz CT molecular complexity index is 673. The normalized spacial score (nSPS) is 19.1. The van der Waals surface area contributed by atoms with Gasteiger partial charge in [0.05, 0.1) is 18.8 Å². The molecule has 0 amide bonds. The lowest BCUT2D eigenvalue weighted by Crippen LogP contribution is -2.34. The van der Waals surface area contributed by atoms with Gasteiger partial charge in [-0.2, -0.15) is 0 Å². The van der Waals surface area contributed by atoms with Crippen molar-refractivity contribution in [2.75, 3.05) is 6.54 Å². The Balaban J connectivity index is 1.71. The summed E-state index contributed by atoms with van der Waals surface area (Å²) in [5.74, 6) is 0.935. The van der Waals surface area contributed by atoms with E-state index in [-0.39, 0.29) is 0 Å². The third-order valence-electron chi connectivity index (χ3n) is 3.73. The van der Waals surface area contributed by atoms with Crippen LogP contribution >= 0.6 is 22.7 Å². The molecule has 0 bridgehead atoms. The molecular weight excluding hydrogens is 288 g/mol. The van der Waals surface area contributed by atoms with Crippen molar-refractivity contribution in [1.29, 1.82) is 0 Å². The van der Waals surface area contributed by atoms with Crippen molar-refractivity contribution in [3.8, 4) is 0 Å². The summed E-state index contributed by atoms with van der Waals surface area (Å²) >= 11 is 3.71. The molecule has 1 aliphatic heterocycles. The van der Waals surface area contributed by atoms with Crippen LogP contribution in [0.5, 0.6) is 0 Å². The molecule has 0 aromatic carbocycles. The van der Waals surface area contributed by atoms with Crippen molar-refractivity contribution >= 4 is 22.7 Å². The lowest BCUT2D eigenvalue weighted by molar-refractivity contribution is 0.185. The number of aromatic nitrogens is 1. The summed E-state index contributed by atoms with van der Waals surface area (Å²) in [4.78, 5) is 5.42. The fourth-order valence-corrected chi connectivity index (χ4v) is 4.62. The minimum atomic E-state index is 0.357. The Hall–Kier alpha value is -1.43. The summed E-state index contributed by atoms with van der Waals surface area (Å²) in [7, 11) is 0. The number of thiophene rings is 2. The minimum Gasteiger partial charge on any atom is -0.360 e. The van der Waals surface area contributed by atoms with Gasteiger partial charge in [-0.15, -0.1) is 22.7 Å². The molecule has 1 atom stereocenters. The number of fused-ring (bicyclic) bond motifs is 1. The first kappa shape index (κ1) is 12.3. The largest absolute Gasteiger partial charge is 0.360 e. The maximum Gasteiger partial charge on any atom is 0.150 e. The highest BCUT2D eigenvalue weighted by Crippen LogP contribution is 2.39. The molecule has 102 valence electrons. The molecule has 0 N–H and O–H groups in total. The molecule has 3 aromatic rings. The Kier molecular flexibility index (Phi) is 3.18. The van der Waals surface area contributed by atoms with Crippen LogP contribution in [0.25, 0.3) is 0 Å². The van der Waals surface area contributed by atoms with E-state index >= 15 is 0 Å². The molecule has 0 spiro atoms. The second-order valence-corrected chi connectivity index (χ2v) is 6.90. The lowest BCUT2D eigenvalue weighted by atomic mass is 9.98. The van der Waals surface area contributed by atoms with Gasteiger partial charge in [0.1, 0.15) is 0 Å². The zero-order valence-electron chi connectivity index (χ0n) is 10.9. The molecule has 0 fully saturated rings. The monoisotopic (exact) mass is 302 g/mol. The van der Waals surface area contributed by atoms with Crippen LogP contribution in [0.15, 0.2) is 45.7 Å². The third-order valence-corrected chi connectivity index (χ3v) is 5.65. The molecule has 0 radical (unpaired) electrons. The van der Waals surface area contributed by atoms with E-state index in [2.05, 4.69) is 39.0 Å². The van der Waals surface area contributed by atoms with Crippen LogP contribution in [-0.2, 0) is 13.0 Å². The first-order valence-electron chi connectivity index (χ1n) is 6.65. The first-order chi connectivity index (χ1) is 9.92. The van der Waals surface area contributed by atoms with E-state index in [4.69, 9.17) is 4.52 Å². The van der Waals surface area contributed by atoms with Gasteiger partial charge >= 0.3 is 0 Å². The topological polar surface area (TPSA) is 29.3 Å². The van der Waals surface area contributed by atoms with Gasteiger partial charge in [0.25, 0.3) is 0 Å². The Morgan fingerprint density at radius 2 is 2.25 bits per heavy atom. The van der Waals surface area contributed by atoms with Gasteiger partial charge in [-0.3, -0.25) is 4.90 Å². The SMILES string of the molecule is c1csc(C2c3ccsc3CCN2Cc2ccno2)c1. The van der Waals surface area contributed by atoms with Gasteiger partial charge in [0, 0.05) is 22.4 Å². The molecule has 0 saturated carbocycles. The van der Waals surface area contributed by atoms with Gasteiger partial charge in [0.2, 0.25) is 0 Å². The summed E-state index contributed by atoms with van der Waals surface area (Å²) in [5.41, 5.74) is 1.46. The predicted octanol–water partition coefficient (Wildman–Crippen LogP) is 3.95. The van der Waals surface area contributed by atoms with Crippen molar-refractivity contribution in [2.45, 2.75) is 19.0 Å². The van der Waals surface area contributed by atoms with Gasteiger partial charge < -0.3 is 4.52 Å². The molecular formula is C15H14N2OS2. The van der Waals surface area contributed by atoms with Crippen LogP contribution in [0.1, 0.15) is 27.1 Å². The van der Waals surface area contributed by atoms with Crippen molar-refractivity contribution < 1.29 is 4.52 Å². The highest BCUT2D eigenvalue weighted by atomic mass is 32.1. The maximum absolute atomic E-state index is 5.29.